The molecule has 0 aliphatic heterocycles. The van der Waals surface area contributed by atoms with Crippen LogP contribution in [-0.4, -0.2) is 12.2 Å². The van der Waals surface area contributed by atoms with Crippen molar-refractivity contribution in [2.45, 2.75) is 0 Å². The summed E-state index contributed by atoms with van der Waals surface area (Å²) in [5.74, 6) is -0.300. The number of hydrogen-bond donors (Lipinski definition) is 1. The number of ether oxygens (including phenoxy) is 1. The number of aliphatic hydroxyl groups is 1. The van der Waals surface area contributed by atoms with Crippen LogP contribution < -0.4 is 4.74 Å². The molecule has 1 aromatic rings. The van der Waals surface area contributed by atoms with E-state index in [2.05, 4.69) is 4.74 Å². The van der Waals surface area contributed by atoms with E-state index in [1.807, 2.05) is 0 Å². The summed E-state index contributed by atoms with van der Waals surface area (Å²) < 4.78 is 17.4. The summed E-state index contributed by atoms with van der Waals surface area (Å²) in [6, 6.07) is 4.11. The molecule has 1 N–H and O–H groups in total. The molecule has 0 heterocycles. The molecule has 0 fully saturated rings. The smallest absolute Gasteiger partial charge is 0.165 e. The highest BCUT2D eigenvalue weighted by Crippen LogP contribution is 2.18. The van der Waals surface area contributed by atoms with Gasteiger partial charge in [0.2, 0.25) is 0 Å². The number of aliphatic hydroxyl groups excluding tert-OH is 1. The lowest BCUT2D eigenvalue weighted by Gasteiger charge is -2.02. The quantitative estimate of drug-likeness (QED) is 0.704. The highest BCUT2D eigenvalue weighted by Gasteiger charge is 2.01. The second-order valence-corrected chi connectivity index (χ2v) is 2.02. The van der Waals surface area contributed by atoms with Gasteiger partial charge in [-0.05, 0) is 17.7 Å². The van der Waals surface area contributed by atoms with Crippen LogP contribution in [0.5, 0.6) is 5.75 Å². The van der Waals surface area contributed by atoms with Gasteiger partial charge in [0.15, 0.2) is 11.6 Å². The fraction of sp³-hybridized carbons (Fsp3) is 0.125. The van der Waals surface area contributed by atoms with E-state index in [9.17, 15) is 4.39 Å². The van der Waals surface area contributed by atoms with Crippen molar-refractivity contribution < 1.29 is 14.2 Å². The van der Waals surface area contributed by atoms with Crippen molar-refractivity contribution in [2.75, 3.05) is 7.11 Å². The van der Waals surface area contributed by atoms with Crippen molar-refractivity contribution in [1.82, 2.24) is 0 Å². The summed E-state index contributed by atoms with van der Waals surface area (Å²) in [7, 11) is 1.37. The Morgan fingerprint density at radius 2 is 2.27 bits per heavy atom. The Morgan fingerprint density at radius 3 is 2.82 bits per heavy atom. The third-order valence-electron chi connectivity index (χ3n) is 1.32. The van der Waals surface area contributed by atoms with E-state index >= 15 is 0 Å². The molecule has 0 unspecified atom stereocenters. The van der Waals surface area contributed by atoms with Gasteiger partial charge in [-0.15, -0.1) is 0 Å². The summed E-state index contributed by atoms with van der Waals surface area (Å²) in [6.07, 6.45) is 0. The highest BCUT2D eigenvalue weighted by molar-refractivity contribution is 5.32. The van der Waals surface area contributed by atoms with Crippen molar-refractivity contribution in [3.05, 3.63) is 36.2 Å². The summed E-state index contributed by atoms with van der Waals surface area (Å²) in [6.45, 7) is 0.891. The highest BCUT2D eigenvalue weighted by atomic mass is 19.1. The van der Waals surface area contributed by atoms with Crippen LogP contribution in [0.2, 0.25) is 0 Å². The van der Waals surface area contributed by atoms with Gasteiger partial charge in [0.25, 0.3) is 0 Å². The fourth-order valence-corrected chi connectivity index (χ4v) is 0.757. The topological polar surface area (TPSA) is 29.5 Å². The first-order chi connectivity index (χ1) is 5.27. The van der Waals surface area contributed by atoms with Gasteiger partial charge in [-0.3, -0.25) is 0 Å². The van der Waals surface area contributed by atoms with Gasteiger partial charge >= 0.3 is 0 Å². The molecular formula is C8H8FO2. The Labute approximate surface area is 64.2 Å². The predicted octanol–water partition coefficient (Wildman–Crippen LogP) is 1.72. The molecule has 1 radical (unpaired) electrons. The standard InChI is InChI=1S/C8H8FO2/c1-11-8-4-6(5-10)2-3-7(8)9/h2-5,10H,1H3. The first kappa shape index (κ1) is 8.01. The van der Waals surface area contributed by atoms with Gasteiger partial charge in [0, 0.05) is 0 Å². The van der Waals surface area contributed by atoms with E-state index in [-0.39, 0.29) is 5.75 Å². The molecular weight excluding hydrogens is 147 g/mol. The normalized spacial score (nSPS) is 9.73. The van der Waals surface area contributed by atoms with Crippen LogP contribution in [0.4, 0.5) is 4.39 Å². The second-order valence-electron chi connectivity index (χ2n) is 2.02. The van der Waals surface area contributed by atoms with E-state index in [0.29, 0.717) is 5.56 Å². The summed E-state index contributed by atoms with van der Waals surface area (Å²) in [5, 5.41) is 8.55. The van der Waals surface area contributed by atoms with E-state index < -0.39 is 5.82 Å². The first-order valence-corrected chi connectivity index (χ1v) is 3.09. The number of halogens is 1. The van der Waals surface area contributed by atoms with Crippen molar-refractivity contribution >= 4 is 0 Å². The van der Waals surface area contributed by atoms with Gasteiger partial charge in [-0.2, -0.15) is 0 Å². The maximum Gasteiger partial charge on any atom is 0.165 e. The summed E-state index contributed by atoms with van der Waals surface area (Å²) in [4.78, 5) is 0. The number of methoxy groups -OCH3 is 1. The molecule has 0 saturated heterocycles. The molecule has 3 heteroatoms. The lowest BCUT2D eigenvalue weighted by molar-refractivity contribution is 0.382. The van der Waals surface area contributed by atoms with Crippen LogP contribution >= 0.6 is 0 Å². The average molecular weight is 155 g/mol. The minimum atomic E-state index is -0.432. The SMILES string of the molecule is COc1cc([CH]O)ccc1F. The van der Waals surface area contributed by atoms with E-state index in [0.717, 1.165) is 6.61 Å². The Bertz CT molecular complexity index is 248. The molecule has 0 atom stereocenters. The summed E-state index contributed by atoms with van der Waals surface area (Å²) in [5.41, 5.74) is 0.517. The molecule has 0 aliphatic rings. The largest absolute Gasteiger partial charge is 0.494 e. The molecule has 0 aliphatic carbocycles. The van der Waals surface area contributed by atoms with Crippen LogP contribution in [-0.2, 0) is 0 Å². The van der Waals surface area contributed by atoms with Gasteiger partial charge in [-0.25, -0.2) is 4.39 Å². The second kappa shape index (κ2) is 3.34. The Hall–Kier alpha value is -1.09. The molecule has 0 aromatic heterocycles. The van der Waals surface area contributed by atoms with E-state index in [1.165, 1.54) is 25.3 Å². The van der Waals surface area contributed by atoms with E-state index in [1.54, 1.807) is 0 Å². The van der Waals surface area contributed by atoms with Crippen LogP contribution in [0.1, 0.15) is 5.56 Å². The van der Waals surface area contributed by atoms with Crippen LogP contribution in [0.15, 0.2) is 18.2 Å². The average Bonchev–Trinajstić information content (AvgIpc) is 2.05. The molecule has 0 saturated carbocycles. The minimum Gasteiger partial charge on any atom is -0.494 e. The fourth-order valence-electron chi connectivity index (χ4n) is 0.757. The van der Waals surface area contributed by atoms with Crippen molar-refractivity contribution in [1.29, 1.82) is 0 Å². The Kier molecular flexibility index (Phi) is 2.44. The first-order valence-electron chi connectivity index (χ1n) is 3.09. The van der Waals surface area contributed by atoms with Crippen LogP contribution in [0, 0.1) is 12.4 Å². The lowest BCUT2D eigenvalue weighted by Crippen LogP contribution is -1.89. The third-order valence-corrected chi connectivity index (χ3v) is 1.32. The maximum atomic E-state index is 12.7. The summed E-state index contributed by atoms with van der Waals surface area (Å²) >= 11 is 0. The third kappa shape index (κ3) is 1.68. The van der Waals surface area contributed by atoms with E-state index in [4.69, 9.17) is 5.11 Å². The molecule has 11 heavy (non-hydrogen) atoms. The lowest BCUT2D eigenvalue weighted by atomic mass is 10.2. The Morgan fingerprint density at radius 1 is 1.55 bits per heavy atom. The van der Waals surface area contributed by atoms with Crippen LogP contribution in [0.3, 0.4) is 0 Å². The van der Waals surface area contributed by atoms with Gasteiger partial charge < -0.3 is 9.84 Å². The molecule has 2 nitrogen and oxygen atoms in total. The Balaban J connectivity index is 3.02. The molecule has 1 aromatic carbocycles. The van der Waals surface area contributed by atoms with Crippen molar-refractivity contribution in [3.63, 3.8) is 0 Å². The number of hydrogen-bond acceptors (Lipinski definition) is 2. The number of benzene rings is 1. The van der Waals surface area contributed by atoms with Crippen molar-refractivity contribution in [3.8, 4) is 5.75 Å². The predicted molar refractivity (Wildman–Crippen MR) is 38.3 cm³/mol. The molecule has 0 bridgehead atoms. The van der Waals surface area contributed by atoms with Crippen LogP contribution in [0.25, 0.3) is 0 Å². The zero-order valence-electron chi connectivity index (χ0n) is 6.04. The minimum absolute atomic E-state index is 0.132. The maximum absolute atomic E-state index is 12.7. The zero-order chi connectivity index (χ0) is 8.27. The van der Waals surface area contributed by atoms with Gasteiger partial charge in [0.05, 0.1) is 7.11 Å². The van der Waals surface area contributed by atoms with Crippen molar-refractivity contribution in [2.24, 2.45) is 0 Å². The van der Waals surface area contributed by atoms with Gasteiger partial charge in [-0.1, -0.05) is 6.07 Å². The molecule has 1 rings (SSSR count). The zero-order valence-corrected chi connectivity index (χ0v) is 6.04. The molecule has 0 amide bonds. The van der Waals surface area contributed by atoms with Gasteiger partial charge in [0.1, 0.15) is 6.61 Å². The monoisotopic (exact) mass is 155 g/mol. The number of rotatable bonds is 2. The molecule has 0 spiro atoms. The molecule has 59 valence electrons.